The molecule has 0 saturated carbocycles. The van der Waals surface area contributed by atoms with Crippen molar-refractivity contribution in [3.05, 3.63) is 95.3 Å². The van der Waals surface area contributed by atoms with Crippen LogP contribution in [-0.4, -0.2) is 37.9 Å². The number of ether oxygens (including phenoxy) is 1. The van der Waals surface area contributed by atoms with Crippen LogP contribution in [0.5, 0.6) is 5.75 Å². The highest BCUT2D eigenvalue weighted by Gasteiger charge is 2.34. The van der Waals surface area contributed by atoms with E-state index < -0.39 is 29.3 Å². The van der Waals surface area contributed by atoms with E-state index in [1.54, 1.807) is 0 Å². The number of hydrogen-bond acceptors (Lipinski definition) is 5. The van der Waals surface area contributed by atoms with Gasteiger partial charge in [0.25, 0.3) is 0 Å². The molecule has 5 rings (SSSR count). The van der Waals surface area contributed by atoms with Crippen LogP contribution >= 0.6 is 0 Å². The summed E-state index contributed by atoms with van der Waals surface area (Å²) in [4.78, 5) is 20.5. The fourth-order valence-corrected chi connectivity index (χ4v) is 4.14. The smallest absolute Gasteiger partial charge is 0.417 e. The van der Waals surface area contributed by atoms with Gasteiger partial charge in [0.2, 0.25) is 0 Å². The fraction of sp³-hybridized carbons (Fsp3) is 0.111. The third-order valence-electron chi connectivity index (χ3n) is 6.02. The Bertz CT molecular complexity index is 1680. The summed E-state index contributed by atoms with van der Waals surface area (Å²) in [5.41, 5.74) is -0.589. The Hall–Kier alpha value is -4.87. The first-order valence-electron chi connectivity index (χ1n) is 11.3. The summed E-state index contributed by atoms with van der Waals surface area (Å²) in [7, 11) is 1.25. The summed E-state index contributed by atoms with van der Waals surface area (Å²) in [6.45, 7) is -0.0664. The Balaban J connectivity index is 1.50. The van der Waals surface area contributed by atoms with Crippen molar-refractivity contribution in [2.75, 3.05) is 7.11 Å². The molecule has 198 valence electrons. The lowest BCUT2D eigenvalue weighted by molar-refractivity contribution is -0.137. The van der Waals surface area contributed by atoms with E-state index in [4.69, 9.17) is 4.74 Å². The second kappa shape index (κ2) is 9.78. The van der Waals surface area contributed by atoms with Crippen LogP contribution in [0, 0.1) is 11.6 Å². The molecule has 0 atom stereocenters. The number of benzene rings is 3. The van der Waals surface area contributed by atoms with E-state index in [1.165, 1.54) is 66.6 Å². The van der Waals surface area contributed by atoms with Crippen LogP contribution in [0.15, 0.2) is 67.0 Å². The number of fused-ring (bicyclic) bond motifs is 1. The number of imidazole rings is 1. The van der Waals surface area contributed by atoms with Crippen molar-refractivity contribution in [3.8, 4) is 39.7 Å². The summed E-state index contributed by atoms with van der Waals surface area (Å²) in [6.07, 6.45) is -1.91. The molecule has 2 heterocycles. The molecule has 3 aromatic rings. The summed E-state index contributed by atoms with van der Waals surface area (Å²) in [5, 5.41) is 14.0. The van der Waals surface area contributed by atoms with E-state index in [1.807, 2.05) is 0 Å². The fourth-order valence-electron chi connectivity index (χ4n) is 4.14. The topological polar surface area (TPSA) is 90.1 Å². The Kier molecular flexibility index (Phi) is 6.46. The van der Waals surface area contributed by atoms with E-state index in [-0.39, 0.29) is 45.9 Å². The normalized spacial score (nSPS) is 11.6. The third kappa shape index (κ3) is 5.00. The molecule has 0 saturated heterocycles. The maximum Gasteiger partial charge on any atom is 0.417 e. The number of halogens is 5. The SMILES string of the molecule is COc1ccc(-c2ccc(Cn3cc4nc(-c5cccc(F)c5F)nc-4cn3)c(C(=O)O)c2)c(C(F)(F)F)c1. The van der Waals surface area contributed by atoms with Crippen molar-refractivity contribution in [2.24, 2.45) is 0 Å². The van der Waals surface area contributed by atoms with Gasteiger partial charge in [0.15, 0.2) is 17.5 Å². The number of aromatic carboxylic acids is 1. The first kappa shape index (κ1) is 25.8. The molecular weight excluding hydrogens is 523 g/mol. The lowest BCUT2D eigenvalue weighted by Gasteiger charge is -2.16. The molecule has 0 bridgehead atoms. The van der Waals surface area contributed by atoms with E-state index in [0.29, 0.717) is 11.4 Å². The molecule has 0 amide bonds. The molecule has 0 aliphatic carbocycles. The van der Waals surface area contributed by atoms with Crippen molar-refractivity contribution < 1.29 is 36.6 Å². The first-order chi connectivity index (χ1) is 18.5. The molecule has 3 aromatic carbocycles. The molecule has 0 radical (unpaired) electrons. The second-order valence-corrected chi connectivity index (χ2v) is 8.48. The van der Waals surface area contributed by atoms with Crippen LogP contribution in [0.4, 0.5) is 22.0 Å². The monoisotopic (exact) mass is 540 g/mol. The zero-order chi connectivity index (χ0) is 27.9. The van der Waals surface area contributed by atoms with Crippen LogP contribution in [0.3, 0.4) is 0 Å². The lowest BCUT2D eigenvalue weighted by Crippen LogP contribution is -2.11. The average Bonchev–Trinajstić information content (AvgIpc) is 3.32. The molecule has 2 aliphatic rings. The number of carboxylic acids is 1. The third-order valence-corrected chi connectivity index (χ3v) is 6.02. The zero-order valence-corrected chi connectivity index (χ0v) is 20.0. The first-order valence-corrected chi connectivity index (χ1v) is 11.3. The van der Waals surface area contributed by atoms with Gasteiger partial charge in [-0.2, -0.15) is 18.3 Å². The quantitative estimate of drug-likeness (QED) is 0.259. The van der Waals surface area contributed by atoms with Crippen molar-refractivity contribution in [2.45, 2.75) is 12.7 Å². The highest BCUT2D eigenvalue weighted by atomic mass is 19.4. The minimum atomic E-state index is -4.70. The summed E-state index contributed by atoms with van der Waals surface area (Å²) in [5.74, 6) is -3.51. The van der Waals surface area contributed by atoms with Crippen molar-refractivity contribution in [3.63, 3.8) is 0 Å². The minimum absolute atomic E-state index is 0.0120. The van der Waals surface area contributed by atoms with Gasteiger partial charge in [0.1, 0.15) is 17.1 Å². The summed E-state index contributed by atoms with van der Waals surface area (Å²) < 4.78 is 75.2. The Labute approximate surface area is 217 Å². The second-order valence-electron chi connectivity index (χ2n) is 8.48. The molecular formula is C27H17F5N4O3. The standard InChI is InChI=1S/C27H17F5N4O3/c1-39-16-7-8-17(20(10-16)27(30,31)32)14-5-6-15(19(9-14)26(37)38)12-36-13-23-22(11-33-36)34-25(35-23)18-3-2-4-21(28)24(18)29/h2-11,13H,12H2,1H3,(H,37,38). The van der Waals surface area contributed by atoms with E-state index in [9.17, 15) is 31.9 Å². The van der Waals surface area contributed by atoms with Crippen LogP contribution < -0.4 is 4.74 Å². The number of carboxylic acid groups (broad SMARTS) is 1. The van der Waals surface area contributed by atoms with Gasteiger partial charge in [0, 0.05) is 0 Å². The molecule has 0 unspecified atom stereocenters. The lowest BCUT2D eigenvalue weighted by atomic mass is 9.95. The van der Waals surface area contributed by atoms with Gasteiger partial charge in [0.05, 0.1) is 42.7 Å². The van der Waals surface area contributed by atoms with Crippen LogP contribution in [0.25, 0.3) is 33.9 Å². The molecule has 0 fully saturated rings. The Morgan fingerprint density at radius 1 is 1.00 bits per heavy atom. The molecule has 39 heavy (non-hydrogen) atoms. The van der Waals surface area contributed by atoms with Gasteiger partial charge in [-0.15, -0.1) is 0 Å². The Morgan fingerprint density at radius 3 is 2.49 bits per heavy atom. The highest BCUT2D eigenvalue weighted by molar-refractivity contribution is 5.91. The van der Waals surface area contributed by atoms with Crippen LogP contribution in [0.1, 0.15) is 21.5 Å². The molecule has 0 aromatic heterocycles. The molecule has 0 spiro atoms. The van der Waals surface area contributed by atoms with Gasteiger partial charge in [-0.1, -0.05) is 24.3 Å². The number of aromatic nitrogens is 4. The van der Waals surface area contributed by atoms with Crippen molar-refractivity contribution in [1.82, 2.24) is 19.7 Å². The van der Waals surface area contributed by atoms with Crippen molar-refractivity contribution in [1.29, 1.82) is 0 Å². The molecule has 12 heteroatoms. The molecule has 2 aliphatic heterocycles. The van der Waals surface area contributed by atoms with Gasteiger partial charge in [-0.25, -0.2) is 23.5 Å². The number of alkyl halides is 3. The van der Waals surface area contributed by atoms with Gasteiger partial charge >= 0.3 is 12.1 Å². The predicted octanol–water partition coefficient (Wildman–Crippen LogP) is 6.16. The number of hydrogen-bond donors (Lipinski definition) is 1. The van der Waals surface area contributed by atoms with Crippen LogP contribution in [0.2, 0.25) is 0 Å². The van der Waals surface area contributed by atoms with Gasteiger partial charge < -0.3 is 9.84 Å². The van der Waals surface area contributed by atoms with E-state index in [0.717, 1.165) is 12.1 Å². The van der Waals surface area contributed by atoms with Gasteiger partial charge in [-0.3, -0.25) is 4.68 Å². The molecule has 1 N–H and O–H groups in total. The number of nitrogens with zero attached hydrogens (tertiary/aromatic N) is 4. The number of methoxy groups -OCH3 is 1. The summed E-state index contributed by atoms with van der Waals surface area (Å²) >= 11 is 0. The van der Waals surface area contributed by atoms with E-state index >= 15 is 0 Å². The van der Waals surface area contributed by atoms with Gasteiger partial charge in [-0.05, 0) is 47.0 Å². The van der Waals surface area contributed by atoms with Crippen molar-refractivity contribution >= 4 is 5.97 Å². The zero-order valence-electron chi connectivity index (χ0n) is 20.0. The largest absolute Gasteiger partial charge is 0.497 e. The number of rotatable bonds is 6. The highest BCUT2D eigenvalue weighted by Crippen LogP contribution is 2.39. The minimum Gasteiger partial charge on any atom is -0.497 e. The van der Waals surface area contributed by atoms with Crippen LogP contribution in [-0.2, 0) is 12.7 Å². The number of carbonyl (C=O) groups is 1. The summed E-state index contributed by atoms with van der Waals surface area (Å²) in [6, 6.07) is 11.0. The predicted molar refractivity (Wildman–Crippen MR) is 129 cm³/mol. The maximum atomic E-state index is 14.2. The maximum absolute atomic E-state index is 14.2. The van der Waals surface area contributed by atoms with E-state index in [2.05, 4.69) is 15.1 Å². The Morgan fingerprint density at radius 2 is 1.77 bits per heavy atom. The molecule has 7 nitrogen and oxygen atoms in total. The average molecular weight is 540 g/mol.